The molecule has 0 bridgehead atoms. The Balaban J connectivity index is 0.00000361. The summed E-state index contributed by atoms with van der Waals surface area (Å²) >= 11 is 0. The fourth-order valence-corrected chi connectivity index (χ4v) is 1.52. The second-order valence-corrected chi connectivity index (χ2v) is 4.14. The standard InChI is InChI=1S/C12H17N3O4.ClH/c1-8(7-13)14(2)12(16)9-4-5-10(15(17)18)11(6-9)19-3;/h4-6,8H,7,13H2,1-3H3;1H. The van der Waals surface area contributed by atoms with E-state index in [1.165, 1.54) is 30.2 Å². The largest absolute Gasteiger partial charge is 0.490 e. The second kappa shape index (κ2) is 7.66. The van der Waals surface area contributed by atoms with Crippen molar-refractivity contribution in [2.45, 2.75) is 13.0 Å². The number of halogens is 1. The van der Waals surface area contributed by atoms with E-state index in [2.05, 4.69) is 0 Å². The summed E-state index contributed by atoms with van der Waals surface area (Å²) in [4.78, 5) is 23.8. The van der Waals surface area contributed by atoms with Gasteiger partial charge in [-0.3, -0.25) is 14.9 Å². The number of nitrogens with two attached hydrogens (primary N) is 1. The van der Waals surface area contributed by atoms with Crippen LogP contribution in [0.5, 0.6) is 5.75 Å². The van der Waals surface area contributed by atoms with Gasteiger partial charge >= 0.3 is 5.69 Å². The summed E-state index contributed by atoms with van der Waals surface area (Å²) in [6, 6.07) is 3.91. The average molecular weight is 304 g/mol. The molecule has 0 saturated heterocycles. The van der Waals surface area contributed by atoms with Gasteiger partial charge in [0.05, 0.1) is 12.0 Å². The maximum atomic E-state index is 12.1. The quantitative estimate of drug-likeness (QED) is 0.655. The van der Waals surface area contributed by atoms with Gasteiger partial charge in [0.2, 0.25) is 0 Å². The van der Waals surface area contributed by atoms with Crippen LogP contribution >= 0.6 is 12.4 Å². The molecular weight excluding hydrogens is 286 g/mol. The van der Waals surface area contributed by atoms with Crippen LogP contribution in [-0.4, -0.2) is 42.5 Å². The number of benzene rings is 1. The summed E-state index contributed by atoms with van der Waals surface area (Å²) in [5, 5.41) is 10.8. The van der Waals surface area contributed by atoms with Crippen molar-refractivity contribution in [3.8, 4) is 5.75 Å². The average Bonchev–Trinajstić information content (AvgIpc) is 2.43. The van der Waals surface area contributed by atoms with Gasteiger partial charge in [-0.15, -0.1) is 12.4 Å². The van der Waals surface area contributed by atoms with E-state index < -0.39 is 4.92 Å². The van der Waals surface area contributed by atoms with E-state index in [0.29, 0.717) is 12.1 Å². The normalized spacial score (nSPS) is 11.2. The van der Waals surface area contributed by atoms with Crippen LogP contribution in [0.25, 0.3) is 0 Å². The molecule has 20 heavy (non-hydrogen) atoms. The van der Waals surface area contributed by atoms with Gasteiger partial charge in [-0.1, -0.05) is 0 Å². The molecule has 1 atom stereocenters. The molecule has 0 heterocycles. The van der Waals surface area contributed by atoms with Gasteiger partial charge in [0.1, 0.15) is 0 Å². The van der Waals surface area contributed by atoms with Gasteiger partial charge in [-0.2, -0.15) is 0 Å². The number of rotatable bonds is 5. The molecule has 1 unspecified atom stereocenters. The predicted octanol–water partition coefficient (Wildman–Crippen LogP) is 1.44. The molecule has 2 N–H and O–H groups in total. The van der Waals surface area contributed by atoms with Crippen molar-refractivity contribution in [2.24, 2.45) is 5.73 Å². The number of nitro groups is 1. The number of carbonyl (C=O) groups is 1. The van der Waals surface area contributed by atoms with Crippen molar-refractivity contribution < 1.29 is 14.5 Å². The van der Waals surface area contributed by atoms with Gasteiger partial charge in [0.15, 0.2) is 5.75 Å². The number of hydrogen-bond acceptors (Lipinski definition) is 5. The molecule has 1 rings (SSSR count). The maximum absolute atomic E-state index is 12.1. The highest BCUT2D eigenvalue weighted by Gasteiger charge is 2.21. The molecule has 1 aromatic carbocycles. The van der Waals surface area contributed by atoms with Crippen molar-refractivity contribution in [2.75, 3.05) is 20.7 Å². The molecule has 0 radical (unpaired) electrons. The van der Waals surface area contributed by atoms with Crippen molar-refractivity contribution >= 4 is 24.0 Å². The Morgan fingerprint density at radius 3 is 2.60 bits per heavy atom. The summed E-state index contributed by atoms with van der Waals surface area (Å²) < 4.78 is 4.93. The number of methoxy groups -OCH3 is 1. The molecule has 0 aliphatic carbocycles. The Bertz CT molecular complexity index is 496. The number of carbonyl (C=O) groups excluding carboxylic acids is 1. The molecule has 112 valence electrons. The lowest BCUT2D eigenvalue weighted by Crippen LogP contribution is -2.39. The van der Waals surface area contributed by atoms with Crippen molar-refractivity contribution in [1.82, 2.24) is 4.90 Å². The number of likely N-dealkylation sites (N-methyl/N-ethyl adjacent to an activating group) is 1. The highest BCUT2D eigenvalue weighted by Crippen LogP contribution is 2.28. The van der Waals surface area contributed by atoms with Crippen LogP contribution < -0.4 is 10.5 Å². The third-order valence-electron chi connectivity index (χ3n) is 2.95. The molecule has 0 spiro atoms. The third-order valence-corrected chi connectivity index (χ3v) is 2.95. The molecular formula is C12H18ClN3O4. The van der Waals surface area contributed by atoms with E-state index in [1.54, 1.807) is 7.05 Å². The minimum atomic E-state index is -0.556. The second-order valence-electron chi connectivity index (χ2n) is 4.14. The Kier molecular flexibility index (Phi) is 6.95. The summed E-state index contributed by atoms with van der Waals surface area (Å²) in [5.41, 5.74) is 5.65. The summed E-state index contributed by atoms with van der Waals surface area (Å²) in [7, 11) is 2.95. The zero-order valence-electron chi connectivity index (χ0n) is 11.5. The third kappa shape index (κ3) is 3.82. The molecule has 1 aromatic rings. The fourth-order valence-electron chi connectivity index (χ4n) is 1.52. The van der Waals surface area contributed by atoms with E-state index >= 15 is 0 Å². The first-order valence-electron chi connectivity index (χ1n) is 5.72. The van der Waals surface area contributed by atoms with Gasteiger partial charge in [0, 0.05) is 37.3 Å². The van der Waals surface area contributed by atoms with E-state index in [4.69, 9.17) is 10.5 Å². The molecule has 8 heteroatoms. The SMILES string of the molecule is COc1cc(C(=O)N(C)C(C)CN)ccc1[N+](=O)[O-].Cl. The fraction of sp³-hybridized carbons (Fsp3) is 0.417. The lowest BCUT2D eigenvalue weighted by atomic mass is 10.1. The number of nitrogens with zero attached hydrogens (tertiary/aromatic N) is 2. The number of hydrogen-bond donors (Lipinski definition) is 1. The summed E-state index contributed by atoms with van der Waals surface area (Å²) in [5.74, 6) is -0.198. The lowest BCUT2D eigenvalue weighted by molar-refractivity contribution is -0.385. The molecule has 0 fully saturated rings. The molecule has 0 aliphatic heterocycles. The van der Waals surface area contributed by atoms with Crippen LogP contribution in [0, 0.1) is 10.1 Å². The van der Waals surface area contributed by atoms with Crippen LogP contribution in [0.4, 0.5) is 5.69 Å². The summed E-state index contributed by atoms with van der Waals surface area (Å²) in [6.07, 6.45) is 0. The van der Waals surface area contributed by atoms with Crippen molar-refractivity contribution in [3.63, 3.8) is 0 Å². The summed E-state index contributed by atoms with van der Waals surface area (Å²) in [6.45, 7) is 2.16. The van der Waals surface area contributed by atoms with Gasteiger partial charge in [0.25, 0.3) is 5.91 Å². The van der Waals surface area contributed by atoms with Crippen LogP contribution in [0.1, 0.15) is 17.3 Å². The Labute approximate surface area is 123 Å². The first-order chi connectivity index (χ1) is 8.92. The van der Waals surface area contributed by atoms with Crippen LogP contribution in [0.15, 0.2) is 18.2 Å². The first kappa shape index (κ1) is 18.1. The van der Waals surface area contributed by atoms with E-state index in [1.807, 2.05) is 6.92 Å². The van der Waals surface area contributed by atoms with Crippen LogP contribution in [-0.2, 0) is 0 Å². The minimum absolute atomic E-state index is 0. The minimum Gasteiger partial charge on any atom is -0.490 e. The van der Waals surface area contributed by atoms with Gasteiger partial charge in [-0.05, 0) is 13.0 Å². The molecule has 0 saturated carbocycles. The maximum Gasteiger partial charge on any atom is 0.310 e. The van der Waals surface area contributed by atoms with Crippen molar-refractivity contribution in [3.05, 3.63) is 33.9 Å². The van der Waals surface area contributed by atoms with Crippen LogP contribution in [0.2, 0.25) is 0 Å². The van der Waals surface area contributed by atoms with Crippen molar-refractivity contribution in [1.29, 1.82) is 0 Å². The van der Waals surface area contributed by atoms with E-state index in [-0.39, 0.29) is 35.8 Å². The van der Waals surface area contributed by atoms with Gasteiger partial charge in [-0.25, -0.2) is 0 Å². The number of amides is 1. The van der Waals surface area contributed by atoms with E-state index in [0.717, 1.165) is 0 Å². The lowest BCUT2D eigenvalue weighted by Gasteiger charge is -2.23. The number of ether oxygens (including phenoxy) is 1. The smallest absolute Gasteiger partial charge is 0.310 e. The highest BCUT2D eigenvalue weighted by atomic mass is 35.5. The zero-order valence-corrected chi connectivity index (χ0v) is 12.3. The first-order valence-corrected chi connectivity index (χ1v) is 5.72. The highest BCUT2D eigenvalue weighted by molar-refractivity contribution is 5.95. The van der Waals surface area contributed by atoms with Crippen LogP contribution in [0.3, 0.4) is 0 Å². The predicted molar refractivity (Wildman–Crippen MR) is 77.5 cm³/mol. The van der Waals surface area contributed by atoms with Gasteiger partial charge < -0.3 is 15.4 Å². The Morgan fingerprint density at radius 1 is 1.55 bits per heavy atom. The molecule has 1 amide bonds. The molecule has 0 aliphatic rings. The Hall–Kier alpha value is -1.86. The monoisotopic (exact) mass is 303 g/mol. The molecule has 7 nitrogen and oxygen atoms in total. The van der Waals surface area contributed by atoms with E-state index in [9.17, 15) is 14.9 Å². The molecule has 0 aromatic heterocycles. The Morgan fingerprint density at radius 2 is 2.15 bits per heavy atom. The number of nitro benzene ring substituents is 1. The topological polar surface area (TPSA) is 98.7 Å². The zero-order chi connectivity index (χ0) is 14.6.